The molecule has 0 spiro atoms. The summed E-state index contributed by atoms with van der Waals surface area (Å²) in [5.41, 5.74) is 1.20. The lowest BCUT2D eigenvalue weighted by molar-refractivity contribution is -0.153. The zero-order valence-corrected chi connectivity index (χ0v) is 13.4. The van der Waals surface area contributed by atoms with Gasteiger partial charge in [0.25, 0.3) is 0 Å². The van der Waals surface area contributed by atoms with Crippen molar-refractivity contribution in [3.05, 3.63) is 54.1 Å². The Morgan fingerprint density at radius 2 is 1.80 bits per heavy atom. The average Bonchev–Trinajstić information content (AvgIpc) is 2.59. The van der Waals surface area contributed by atoms with Crippen LogP contribution in [0.25, 0.3) is 0 Å². The number of halogens is 3. The first-order valence-electron chi connectivity index (χ1n) is 7.33. The molecule has 0 radical (unpaired) electrons. The van der Waals surface area contributed by atoms with Crippen LogP contribution in [0.2, 0.25) is 0 Å². The molecule has 2 aromatic rings. The summed E-state index contributed by atoms with van der Waals surface area (Å²) < 4.78 is 46.1. The van der Waals surface area contributed by atoms with Crippen LogP contribution >= 0.6 is 0 Å². The van der Waals surface area contributed by atoms with Crippen LogP contribution in [0.5, 0.6) is 11.5 Å². The highest BCUT2D eigenvalue weighted by Crippen LogP contribution is 2.19. The van der Waals surface area contributed by atoms with Gasteiger partial charge in [-0.3, -0.25) is 0 Å². The molecule has 2 N–H and O–H groups in total. The van der Waals surface area contributed by atoms with E-state index in [0.717, 1.165) is 0 Å². The number of amides is 2. The van der Waals surface area contributed by atoms with Crippen molar-refractivity contribution in [2.75, 3.05) is 19.0 Å². The monoisotopic (exact) mass is 354 g/mol. The Morgan fingerprint density at radius 3 is 2.44 bits per heavy atom. The first kappa shape index (κ1) is 18.4. The SMILES string of the molecule is COc1ccc(NC(=O)NCc2cccc(OCC(F)(F)F)c2)cc1. The highest BCUT2D eigenvalue weighted by Gasteiger charge is 2.28. The molecular formula is C17H17F3N2O3. The molecule has 2 amide bonds. The fraction of sp³-hybridized carbons (Fsp3) is 0.235. The van der Waals surface area contributed by atoms with Gasteiger partial charge in [-0.1, -0.05) is 12.1 Å². The summed E-state index contributed by atoms with van der Waals surface area (Å²) in [6.07, 6.45) is -4.40. The third-order valence-corrected chi connectivity index (χ3v) is 3.10. The number of urea groups is 1. The standard InChI is InChI=1S/C17H17F3N2O3/c1-24-14-7-5-13(6-8-14)22-16(23)21-10-12-3-2-4-15(9-12)25-11-17(18,19)20/h2-9H,10-11H2,1H3,(H2,21,22,23). The van der Waals surface area contributed by atoms with Gasteiger partial charge in [0, 0.05) is 12.2 Å². The number of hydrogen-bond acceptors (Lipinski definition) is 3. The Bertz CT molecular complexity index is 703. The van der Waals surface area contributed by atoms with E-state index in [0.29, 0.717) is 17.0 Å². The molecule has 0 fully saturated rings. The topological polar surface area (TPSA) is 59.6 Å². The predicted molar refractivity (Wildman–Crippen MR) is 86.8 cm³/mol. The van der Waals surface area contributed by atoms with Crippen LogP contribution in [-0.2, 0) is 6.54 Å². The number of rotatable bonds is 6. The van der Waals surface area contributed by atoms with E-state index >= 15 is 0 Å². The van der Waals surface area contributed by atoms with Gasteiger partial charge in [-0.2, -0.15) is 13.2 Å². The Hall–Kier alpha value is -2.90. The second-order valence-corrected chi connectivity index (χ2v) is 5.09. The van der Waals surface area contributed by atoms with E-state index in [1.807, 2.05) is 0 Å². The van der Waals surface area contributed by atoms with Crippen LogP contribution in [0.4, 0.5) is 23.7 Å². The molecule has 8 heteroatoms. The summed E-state index contributed by atoms with van der Waals surface area (Å²) in [6, 6.07) is 12.4. The van der Waals surface area contributed by atoms with Gasteiger partial charge < -0.3 is 20.1 Å². The molecule has 0 aliphatic heterocycles. The van der Waals surface area contributed by atoms with Crippen LogP contribution in [0, 0.1) is 0 Å². The second kappa shape index (κ2) is 8.27. The number of carbonyl (C=O) groups is 1. The minimum atomic E-state index is -4.40. The largest absolute Gasteiger partial charge is 0.497 e. The first-order chi connectivity index (χ1) is 11.9. The molecule has 25 heavy (non-hydrogen) atoms. The van der Waals surface area contributed by atoms with Crippen LogP contribution in [0.3, 0.4) is 0 Å². The van der Waals surface area contributed by atoms with E-state index in [1.54, 1.807) is 43.5 Å². The molecule has 0 heterocycles. The number of benzene rings is 2. The van der Waals surface area contributed by atoms with Crippen molar-refractivity contribution in [3.8, 4) is 11.5 Å². The maximum atomic E-state index is 12.2. The maximum absolute atomic E-state index is 12.2. The van der Waals surface area contributed by atoms with E-state index in [-0.39, 0.29) is 12.3 Å². The lowest BCUT2D eigenvalue weighted by Gasteiger charge is -2.11. The summed E-state index contributed by atoms with van der Waals surface area (Å²) in [7, 11) is 1.54. The summed E-state index contributed by atoms with van der Waals surface area (Å²) in [6.45, 7) is -1.22. The van der Waals surface area contributed by atoms with Gasteiger partial charge in [0.1, 0.15) is 11.5 Å². The van der Waals surface area contributed by atoms with Crippen molar-refractivity contribution < 1.29 is 27.4 Å². The van der Waals surface area contributed by atoms with Crippen LogP contribution in [0.1, 0.15) is 5.56 Å². The predicted octanol–water partition coefficient (Wildman–Crippen LogP) is 3.96. The number of hydrogen-bond donors (Lipinski definition) is 2. The minimum absolute atomic E-state index is 0.0900. The van der Waals surface area contributed by atoms with Crippen LogP contribution in [-0.4, -0.2) is 25.9 Å². The van der Waals surface area contributed by atoms with E-state index in [9.17, 15) is 18.0 Å². The van der Waals surface area contributed by atoms with Gasteiger partial charge in [0.15, 0.2) is 6.61 Å². The van der Waals surface area contributed by atoms with E-state index in [2.05, 4.69) is 15.4 Å². The normalized spacial score (nSPS) is 10.9. The number of methoxy groups -OCH3 is 1. The minimum Gasteiger partial charge on any atom is -0.497 e. The fourth-order valence-electron chi connectivity index (χ4n) is 1.94. The van der Waals surface area contributed by atoms with Gasteiger partial charge >= 0.3 is 12.2 Å². The molecule has 0 saturated carbocycles. The van der Waals surface area contributed by atoms with E-state index in [4.69, 9.17) is 4.74 Å². The summed E-state index contributed by atoms with van der Waals surface area (Å²) in [5, 5.41) is 5.25. The van der Waals surface area contributed by atoms with Gasteiger partial charge in [0.2, 0.25) is 0 Å². The number of nitrogens with one attached hydrogen (secondary N) is 2. The average molecular weight is 354 g/mol. The van der Waals surface area contributed by atoms with Crippen molar-refractivity contribution in [1.29, 1.82) is 0 Å². The van der Waals surface area contributed by atoms with Crippen molar-refractivity contribution in [2.45, 2.75) is 12.7 Å². The zero-order valence-electron chi connectivity index (χ0n) is 13.4. The second-order valence-electron chi connectivity index (χ2n) is 5.09. The Labute approximate surface area is 142 Å². The molecule has 134 valence electrons. The third-order valence-electron chi connectivity index (χ3n) is 3.10. The number of anilines is 1. The summed E-state index contributed by atoms with van der Waals surface area (Å²) >= 11 is 0. The first-order valence-corrected chi connectivity index (χ1v) is 7.33. The summed E-state index contributed by atoms with van der Waals surface area (Å²) in [4.78, 5) is 11.8. The molecule has 0 atom stereocenters. The number of carbonyl (C=O) groups excluding carboxylic acids is 1. The maximum Gasteiger partial charge on any atom is 0.422 e. The molecule has 0 aliphatic carbocycles. The lowest BCUT2D eigenvalue weighted by atomic mass is 10.2. The third kappa shape index (κ3) is 6.62. The summed E-state index contributed by atoms with van der Waals surface area (Å²) in [5.74, 6) is 0.758. The van der Waals surface area contributed by atoms with Crippen molar-refractivity contribution >= 4 is 11.7 Å². The zero-order chi connectivity index (χ0) is 18.3. The van der Waals surface area contributed by atoms with Crippen LogP contribution in [0.15, 0.2) is 48.5 Å². The Balaban J connectivity index is 1.84. The van der Waals surface area contributed by atoms with Gasteiger partial charge in [-0.25, -0.2) is 4.79 Å². The molecule has 2 rings (SSSR count). The Morgan fingerprint density at radius 1 is 1.08 bits per heavy atom. The molecule has 0 aromatic heterocycles. The molecule has 2 aromatic carbocycles. The van der Waals surface area contributed by atoms with E-state index < -0.39 is 18.8 Å². The van der Waals surface area contributed by atoms with Crippen molar-refractivity contribution in [1.82, 2.24) is 5.32 Å². The van der Waals surface area contributed by atoms with Gasteiger partial charge in [0.05, 0.1) is 7.11 Å². The van der Waals surface area contributed by atoms with E-state index in [1.165, 1.54) is 12.1 Å². The van der Waals surface area contributed by atoms with Crippen molar-refractivity contribution in [3.63, 3.8) is 0 Å². The smallest absolute Gasteiger partial charge is 0.422 e. The lowest BCUT2D eigenvalue weighted by Crippen LogP contribution is -2.28. The van der Waals surface area contributed by atoms with Crippen LogP contribution < -0.4 is 20.1 Å². The molecule has 5 nitrogen and oxygen atoms in total. The molecule has 0 aliphatic rings. The number of alkyl halides is 3. The highest BCUT2D eigenvalue weighted by molar-refractivity contribution is 5.89. The number of ether oxygens (including phenoxy) is 2. The van der Waals surface area contributed by atoms with Crippen molar-refractivity contribution in [2.24, 2.45) is 0 Å². The molecular weight excluding hydrogens is 337 g/mol. The quantitative estimate of drug-likeness (QED) is 0.826. The molecule has 0 saturated heterocycles. The highest BCUT2D eigenvalue weighted by atomic mass is 19.4. The molecule has 0 bridgehead atoms. The van der Waals surface area contributed by atoms with Gasteiger partial charge in [-0.05, 0) is 42.0 Å². The Kier molecular flexibility index (Phi) is 6.10. The fourth-order valence-corrected chi connectivity index (χ4v) is 1.94. The molecule has 0 unspecified atom stereocenters. The van der Waals surface area contributed by atoms with Gasteiger partial charge in [-0.15, -0.1) is 0 Å².